The molecule has 0 amide bonds. The first-order chi connectivity index (χ1) is 9.22. The molecule has 102 valence electrons. The zero-order valence-electron chi connectivity index (χ0n) is 11.2. The Morgan fingerprint density at radius 2 is 2.00 bits per heavy atom. The standard InChI is InChI=1S/C16H21NO2/c18-15(19)16(9-10-16)14-8-4-5-11-17(14)12-13-6-2-1-3-7-13/h1-3,6-7,14H,4-5,8-12H2,(H,18,19). The van der Waals surface area contributed by atoms with Gasteiger partial charge in [-0.25, -0.2) is 0 Å². The van der Waals surface area contributed by atoms with Crippen LogP contribution in [0.15, 0.2) is 30.3 Å². The average Bonchev–Trinajstić information content (AvgIpc) is 3.22. The Morgan fingerprint density at radius 3 is 2.63 bits per heavy atom. The normalized spacial score (nSPS) is 26.0. The van der Waals surface area contributed by atoms with Gasteiger partial charge in [0.1, 0.15) is 0 Å². The van der Waals surface area contributed by atoms with Gasteiger partial charge in [0.25, 0.3) is 0 Å². The second-order valence-corrected chi connectivity index (χ2v) is 5.93. The van der Waals surface area contributed by atoms with Crippen LogP contribution in [0.25, 0.3) is 0 Å². The Morgan fingerprint density at radius 1 is 1.26 bits per heavy atom. The van der Waals surface area contributed by atoms with Crippen LogP contribution in [0, 0.1) is 5.41 Å². The molecule has 0 spiro atoms. The smallest absolute Gasteiger partial charge is 0.311 e. The van der Waals surface area contributed by atoms with Crippen molar-refractivity contribution in [3.05, 3.63) is 35.9 Å². The molecule has 1 heterocycles. The van der Waals surface area contributed by atoms with Crippen LogP contribution in [0.5, 0.6) is 0 Å². The summed E-state index contributed by atoms with van der Waals surface area (Å²) in [5.74, 6) is -0.586. The molecule has 1 aromatic carbocycles. The van der Waals surface area contributed by atoms with Gasteiger partial charge in [-0.3, -0.25) is 9.69 Å². The van der Waals surface area contributed by atoms with Gasteiger partial charge in [-0.1, -0.05) is 36.8 Å². The Hall–Kier alpha value is -1.35. The van der Waals surface area contributed by atoms with E-state index in [0.717, 1.165) is 32.4 Å². The lowest BCUT2D eigenvalue weighted by Crippen LogP contribution is -2.47. The Balaban J connectivity index is 1.77. The molecule has 2 aliphatic rings. The molecule has 1 N–H and O–H groups in total. The minimum Gasteiger partial charge on any atom is -0.481 e. The zero-order valence-corrected chi connectivity index (χ0v) is 11.2. The van der Waals surface area contributed by atoms with Crippen molar-refractivity contribution >= 4 is 5.97 Å². The number of hydrogen-bond acceptors (Lipinski definition) is 2. The van der Waals surface area contributed by atoms with E-state index < -0.39 is 11.4 Å². The quantitative estimate of drug-likeness (QED) is 0.904. The number of carbonyl (C=O) groups is 1. The molecular formula is C16H21NO2. The van der Waals surface area contributed by atoms with Crippen molar-refractivity contribution in [2.45, 2.75) is 44.7 Å². The van der Waals surface area contributed by atoms with Crippen molar-refractivity contribution in [3.8, 4) is 0 Å². The number of likely N-dealkylation sites (tertiary alicyclic amines) is 1. The molecule has 0 bridgehead atoms. The predicted octanol–water partition coefficient (Wildman–Crippen LogP) is 2.91. The molecule has 0 aromatic heterocycles. The molecule has 0 radical (unpaired) electrons. The number of carboxylic acids is 1. The van der Waals surface area contributed by atoms with Crippen LogP contribution < -0.4 is 0 Å². The highest BCUT2D eigenvalue weighted by atomic mass is 16.4. The Kier molecular flexibility index (Phi) is 3.31. The van der Waals surface area contributed by atoms with E-state index in [1.807, 2.05) is 6.07 Å². The minimum atomic E-state index is -0.586. The number of hydrogen-bond donors (Lipinski definition) is 1. The molecule has 1 atom stereocenters. The van der Waals surface area contributed by atoms with E-state index in [0.29, 0.717) is 0 Å². The van der Waals surface area contributed by atoms with Crippen molar-refractivity contribution in [1.82, 2.24) is 4.90 Å². The van der Waals surface area contributed by atoms with E-state index in [9.17, 15) is 9.90 Å². The van der Waals surface area contributed by atoms with E-state index >= 15 is 0 Å². The summed E-state index contributed by atoms with van der Waals surface area (Å²) in [6.45, 7) is 1.93. The fourth-order valence-corrected chi connectivity index (χ4v) is 3.45. The fourth-order valence-electron chi connectivity index (χ4n) is 3.45. The van der Waals surface area contributed by atoms with E-state index in [4.69, 9.17) is 0 Å². The molecule has 1 aliphatic carbocycles. The molecule has 3 nitrogen and oxygen atoms in total. The van der Waals surface area contributed by atoms with E-state index in [1.54, 1.807) is 0 Å². The molecule has 1 aromatic rings. The third-order valence-electron chi connectivity index (χ3n) is 4.69. The lowest BCUT2D eigenvalue weighted by atomic mass is 9.87. The maximum absolute atomic E-state index is 11.6. The highest BCUT2D eigenvalue weighted by Crippen LogP contribution is 2.53. The van der Waals surface area contributed by atoms with Crippen molar-refractivity contribution in [3.63, 3.8) is 0 Å². The van der Waals surface area contributed by atoms with Gasteiger partial charge in [-0.2, -0.15) is 0 Å². The average molecular weight is 259 g/mol. The van der Waals surface area contributed by atoms with Crippen molar-refractivity contribution in [2.75, 3.05) is 6.54 Å². The highest BCUT2D eigenvalue weighted by Gasteiger charge is 2.57. The number of benzene rings is 1. The van der Waals surface area contributed by atoms with Crippen LogP contribution in [-0.2, 0) is 11.3 Å². The summed E-state index contributed by atoms with van der Waals surface area (Å²) < 4.78 is 0. The summed E-state index contributed by atoms with van der Waals surface area (Å²) in [6.07, 6.45) is 5.12. The molecule has 3 heteroatoms. The van der Waals surface area contributed by atoms with E-state index in [-0.39, 0.29) is 6.04 Å². The van der Waals surface area contributed by atoms with Crippen LogP contribution >= 0.6 is 0 Å². The summed E-state index contributed by atoms with van der Waals surface area (Å²) in [5, 5.41) is 9.51. The number of aliphatic carboxylic acids is 1. The summed E-state index contributed by atoms with van der Waals surface area (Å²) in [4.78, 5) is 14.0. The topological polar surface area (TPSA) is 40.5 Å². The summed E-state index contributed by atoms with van der Waals surface area (Å²) in [5.41, 5.74) is 0.852. The van der Waals surface area contributed by atoms with Crippen LogP contribution in [0.3, 0.4) is 0 Å². The first-order valence-corrected chi connectivity index (χ1v) is 7.24. The lowest BCUT2D eigenvalue weighted by Gasteiger charge is -2.39. The van der Waals surface area contributed by atoms with Crippen molar-refractivity contribution < 1.29 is 9.90 Å². The minimum absolute atomic E-state index is 0.235. The molecule has 2 fully saturated rings. The first-order valence-electron chi connectivity index (χ1n) is 7.24. The molecule has 1 aliphatic heterocycles. The van der Waals surface area contributed by atoms with Gasteiger partial charge in [-0.15, -0.1) is 0 Å². The van der Waals surface area contributed by atoms with E-state index in [1.165, 1.54) is 18.4 Å². The second-order valence-electron chi connectivity index (χ2n) is 5.93. The zero-order chi connectivity index (χ0) is 13.3. The first kappa shape index (κ1) is 12.7. The van der Waals surface area contributed by atoms with E-state index in [2.05, 4.69) is 29.2 Å². The molecule has 1 saturated carbocycles. The van der Waals surface area contributed by atoms with Gasteiger partial charge in [0.05, 0.1) is 5.41 Å². The SMILES string of the molecule is O=C(O)C1(C2CCCCN2Cc2ccccc2)CC1. The predicted molar refractivity (Wildman–Crippen MR) is 73.8 cm³/mol. The molecule has 1 saturated heterocycles. The van der Waals surface area contributed by atoms with Gasteiger partial charge < -0.3 is 5.11 Å². The number of rotatable bonds is 4. The van der Waals surface area contributed by atoms with Gasteiger partial charge in [0, 0.05) is 12.6 Å². The number of carboxylic acid groups (broad SMARTS) is 1. The largest absolute Gasteiger partial charge is 0.481 e. The van der Waals surface area contributed by atoms with Crippen molar-refractivity contribution in [1.29, 1.82) is 0 Å². The Bertz CT molecular complexity index is 453. The Labute approximate surface area is 114 Å². The monoisotopic (exact) mass is 259 g/mol. The second kappa shape index (κ2) is 4.97. The van der Waals surface area contributed by atoms with Gasteiger partial charge >= 0.3 is 5.97 Å². The maximum Gasteiger partial charge on any atom is 0.311 e. The van der Waals surface area contributed by atoms with Crippen LogP contribution in [0.2, 0.25) is 0 Å². The van der Waals surface area contributed by atoms with Crippen molar-refractivity contribution in [2.24, 2.45) is 5.41 Å². The molecular weight excluding hydrogens is 238 g/mol. The molecule has 3 rings (SSSR count). The third kappa shape index (κ3) is 2.39. The summed E-state index contributed by atoms with van der Waals surface area (Å²) >= 11 is 0. The number of piperidine rings is 1. The lowest BCUT2D eigenvalue weighted by molar-refractivity contribution is -0.147. The van der Waals surface area contributed by atoms with Gasteiger partial charge in [0.2, 0.25) is 0 Å². The van der Waals surface area contributed by atoms with Crippen LogP contribution in [0.4, 0.5) is 0 Å². The van der Waals surface area contributed by atoms with Gasteiger partial charge in [-0.05, 0) is 37.8 Å². The third-order valence-corrected chi connectivity index (χ3v) is 4.69. The molecule has 1 unspecified atom stereocenters. The fraction of sp³-hybridized carbons (Fsp3) is 0.562. The van der Waals surface area contributed by atoms with Gasteiger partial charge in [0.15, 0.2) is 0 Å². The number of nitrogens with zero attached hydrogens (tertiary/aromatic N) is 1. The highest BCUT2D eigenvalue weighted by molar-refractivity contribution is 5.78. The van der Waals surface area contributed by atoms with Crippen LogP contribution in [-0.4, -0.2) is 28.6 Å². The maximum atomic E-state index is 11.6. The summed E-state index contributed by atoms with van der Waals surface area (Å²) in [6, 6.07) is 10.6. The molecule has 19 heavy (non-hydrogen) atoms. The summed E-state index contributed by atoms with van der Waals surface area (Å²) in [7, 11) is 0. The van der Waals surface area contributed by atoms with Crippen LogP contribution in [0.1, 0.15) is 37.7 Å².